The Balaban J connectivity index is 4.13. The predicted octanol–water partition coefficient (Wildman–Crippen LogP) is 14.5. The van der Waals surface area contributed by atoms with Crippen LogP contribution in [0.1, 0.15) is 213 Å². The maximum atomic E-state index is 12.7. The SMILES string of the molecule is CC/C=C\C/C=C\C/C=C\C/C=C\CCCCC(=O)OC(COCCCCCCCCCCCCCCCCCCCCCCCCC)COP(=O)([O-])OCC[N+](C)(C)C. The van der Waals surface area contributed by atoms with Gasteiger partial charge in [0.25, 0.3) is 7.82 Å². The van der Waals surface area contributed by atoms with Gasteiger partial charge in [0.05, 0.1) is 34.4 Å². The number of hydrogen-bond donors (Lipinski definition) is 0. The van der Waals surface area contributed by atoms with Gasteiger partial charge in [-0.25, -0.2) is 0 Å². The van der Waals surface area contributed by atoms with Crippen molar-refractivity contribution in [3.05, 3.63) is 48.6 Å². The number of ether oxygens (including phenoxy) is 2. The molecule has 2 unspecified atom stereocenters. The summed E-state index contributed by atoms with van der Waals surface area (Å²) in [4.78, 5) is 25.1. The Bertz CT molecular complexity index is 1100. The first kappa shape index (κ1) is 58.5. The molecule has 0 aliphatic heterocycles. The number of carbonyl (C=O) groups is 1. The zero-order valence-corrected chi connectivity index (χ0v) is 40.8. The maximum absolute atomic E-state index is 12.7. The van der Waals surface area contributed by atoms with Gasteiger partial charge in [0.1, 0.15) is 19.3 Å². The largest absolute Gasteiger partial charge is 0.756 e. The highest BCUT2D eigenvalue weighted by atomic mass is 31.2. The number of allylic oxidation sites excluding steroid dienone is 8. The van der Waals surface area contributed by atoms with Crippen molar-refractivity contribution >= 4 is 13.8 Å². The molecule has 0 aromatic heterocycles. The van der Waals surface area contributed by atoms with E-state index in [2.05, 4.69) is 62.5 Å². The highest BCUT2D eigenvalue weighted by Crippen LogP contribution is 2.38. The molecule has 0 heterocycles. The molecule has 0 spiro atoms. The molecule has 0 aliphatic carbocycles. The first-order valence-electron chi connectivity index (χ1n) is 24.9. The average molecular weight is 866 g/mol. The van der Waals surface area contributed by atoms with Crippen molar-refractivity contribution in [2.24, 2.45) is 0 Å². The van der Waals surface area contributed by atoms with E-state index in [9.17, 15) is 14.3 Å². The fourth-order valence-corrected chi connectivity index (χ4v) is 7.56. The summed E-state index contributed by atoms with van der Waals surface area (Å²) in [6.07, 6.45) is 54.3. The minimum Gasteiger partial charge on any atom is -0.756 e. The fourth-order valence-electron chi connectivity index (χ4n) is 6.83. The fraction of sp³-hybridized carbons (Fsp3) is 0.824. The molecule has 0 N–H and O–H groups in total. The first-order chi connectivity index (χ1) is 29.1. The van der Waals surface area contributed by atoms with E-state index in [1.165, 1.54) is 135 Å². The van der Waals surface area contributed by atoms with Crippen molar-refractivity contribution in [1.29, 1.82) is 0 Å². The monoisotopic (exact) mass is 866 g/mol. The van der Waals surface area contributed by atoms with Crippen LogP contribution in [0.2, 0.25) is 0 Å². The van der Waals surface area contributed by atoms with Crippen molar-refractivity contribution < 1.29 is 37.3 Å². The molecule has 0 aliphatic rings. The van der Waals surface area contributed by atoms with E-state index in [1.54, 1.807) is 0 Å². The van der Waals surface area contributed by atoms with Crippen molar-refractivity contribution in [3.8, 4) is 0 Å². The normalized spacial score (nSPS) is 14.0. The molecule has 352 valence electrons. The lowest BCUT2D eigenvalue weighted by atomic mass is 10.0. The molecule has 2 atom stereocenters. The van der Waals surface area contributed by atoms with E-state index in [0.29, 0.717) is 24.1 Å². The van der Waals surface area contributed by atoms with Crippen LogP contribution in [0, 0.1) is 0 Å². The average Bonchev–Trinajstić information content (AvgIpc) is 3.20. The second kappa shape index (κ2) is 44.1. The van der Waals surface area contributed by atoms with Gasteiger partial charge in [-0.05, 0) is 51.4 Å². The summed E-state index contributed by atoms with van der Waals surface area (Å²) < 4.78 is 34.6. The molecule has 0 bridgehead atoms. The third-order valence-corrected chi connectivity index (χ3v) is 11.6. The van der Waals surface area contributed by atoms with Gasteiger partial charge in [-0.15, -0.1) is 0 Å². The summed E-state index contributed by atoms with van der Waals surface area (Å²) in [6, 6.07) is 0. The molecule has 0 rings (SSSR count). The number of rotatable bonds is 46. The number of quaternary nitrogens is 1. The molecular formula is C51H96NO7P. The molecule has 60 heavy (non-hydrogen) atoms. The van der Waals surface area contributed by atoms with Gasteiger partial charge in [0.15, 0.2) is 0 Å². The topological polar surface area (TPSA) is 94.1 Å². The lowest BCUT2D eigenvalue weighted by molar-refractivity contribution is -0.870. The van der Waals surface area contributed by atoms with Crippen molar-refractivity contribution in [2.45, 2.75) is 219 Å². The summed E-state index contributed by atoms with van der Waals surface area (Å²) >= 11 is 0. The number of phosphoric ester groups is 1. The maximum Gasteiger partial charge on any atom is 0.306 e. The van der Waals surface area contributed by atoms with Gasteiger partial charge < -0.3 is 27.9 Å². The summed E-state index contributed by atoms with van der Waals surface area (Å²) in [5, 5.41) is 0. The lowest BCUT2D eigenvalue weighted by Crippen LogP contribution is -2.37. The lowest BCUT2D eigenvalue weighted by Gasteiger charge is -2.28. The van der Waals surface area contributed by atoms with Gasteiger partial charge in [0.2, 0.25) is 0 Å². The van der Waals surface area contributed by atoms with Crippen molar-refractivity contribution in [2.75, 3.05) is 54.1 Å². The van der Waals surface area contributed by atoms with Gasteiger partial charge in [-0.3, -0.25) is 9.36 Å². The van der Waals surface area contributed by atoms with Crippen LogP contribution in [-0.2, 0) is 27.9 Å². The molecule has 0 fully saturated rings. The molecule has 0 radical (unpaired) electrons. The molecule has 0 saturated heterocycles. The second-order valence-electron chi connectivity index (χ2n) is 17.8. The van der Waals surface area contributed by atoms with Crippen LogP contribution >= 0.6 is 7.82 Å². The Morgan fingerprint density at radius 1 is 0.533 bits per heavy atom. The Labute approximate surface area is 371 Å². The van der Waals surface area contributed by atoms with Crippen LogP contribution in [0.25, 0.3) is 0 Å². The highest BCUT2D eigenvalue weighted by Gasteiger charge is 2.20. The van der Waals surface area contributed by atoms with Crippen LogP contribution in [0.5, 0.6) is 0 Å². The van der Waals surface area contributed by atoms with Crippen LogP contribution in [-0.4, -0.2) is 70.7 Å². The molecule has 0 saturated carbocycles. The molecule has 9 heteroatoms. The number of nitrogens with zero attached hydrogens (tertiary/aromatic N) is 1. The van der Waals surface area contributed by atoms with Gasteiger partial charge in [-0.2, -0.15) is 0 Å². The van der Waals surface area contributed by atoms with E-state index in [4.69, 9.17) is 18.5 Å². The summed E-state index contributed by atoms with van der Waals surface area (Å²) in [5.74, 6) is -0.372. The second-order valence-corrected chi connectivity index (χ2v) is 19.2. The van der Waals surface area contributed by atoms with E-state index in [0.717, 1.165) is 51.4 Å². The Kier molecular flexibility index (Phi) is 43.0. The van der Waals surface area contributed by atoms with Crippen LogP contribution in [0.4, 0.5) is 0 Å². The minimum absolute atomic E-state index is 0.0179. The number of esters is 1. The first-order valence-corrected chi connectivity index (χ1v) is 26.3. The molecular weight excluding hydrogens is 770 g/mol. The zero-order valence-electron chi connectivity index (χ0n) is 39.9. The highest BCUT2D eigenvalue weighted by molar-refractivity contribution is 7.45. The standard InChI is InChI=1S/C51H96NO7P/c1-6-8-10-12-14-16-18-20-22-23-24-25-26-27-28-29-31-33-35-37-39-41-43-46-56-48-50(49-58-60(54,55)57-47-45-52(3,4)5)59-51(53)44-42-40-38-36-34-32-30-21-19-17-15-13-11-9-7-2/h9,11,15,17,21,30,34,36,50H,6-8,10,12-14,16,18-20,22-29,31-33,35,37-49H2,1-5H3/b11-9-,17-15-,30-21-,36-34-. The van der Waals surface area contributed by atoms with E-state index in [1.807, 2.05) is 21.1 Å². The minimum atomic E-state index is -4.54. The summed E-state index contributed by atoms with van der Waals surface area (Å²) in [6.45, 7) is 5.27. The molecule has 0 amide bonds. The predicted molar refractivity (Wildman–Crippen MR) is 254 cm³/mol. The van der Waals surface area contributed by atoms with Gasteiger partial charge >= 0.3 is 5.97 Å². The Hall–Kier alpha value is -1.54. The molecule has 0 aromatic rings. The van der Waals surface area contributed by atoms with Crippen LogP contribution in [0.15, 0.2) is 48.6 Å². The van der Waals surface area contributed by atoms with Crippen LogP contribution < -0.4 is 4.89 Å². The van der Waals surface area contributed by atoms with E-state index in [-0.39, 0.29) is 32.2 Å². The van der Waals surface area contributed by atoms with E-state index < -0.39 is 13.9 Å². The summed E-state index contributed by atoms with van der Waals surface area (Å²) in [7, 11) is 1.33. The Morgan fingerprint density at radius 2 is 0.967 bits per heavy atom. The molecule has 8 nitrogen and oxygen atoms in total. The Morgan fingerprint density at radius 3 is 1.42 bits per heavy atom. The smallest absolute Gasteiger partial charge is 0.306 e. The summed E-state index contributed by atoms with van der Waals surface area (Å²) in [5.41, 5.74) is 0. The number of hydrogen-bond acceptors (Lipinski definition) is 7. The third kappa shape index (κ3) is 47.5. The van der Waals surface area contributed by atoms with Crippen molar-refractivity contribution in [1.82, 2.24) is 0 Å². The van der Waals surface area contributed by atoms with E-state index >= 15 is 0 Å². The number of unbranched alkanes of at least 4 members (excludes halogenated alkanes) is 24. The number of likely N-dealkylation sites (N-methyl/N-ethyl adjacent to an activating group) is 1. The van der Waals surface area contributed by atoms with Crippen LogP contribution in [0.3, 0.4) is 0 Å². The number of carbonyl (C=O) groups excluding carboxylic acids is 1. The molecule has 0 aromatic carbocycles. The zero-order chi connectivity index (χ0) is 44.1. The van der Waals surface area contributed by atoms with Crippen molar-refractivity contribution in [3.63, 3.8) is 0 Å². The van der Waals surface area contributed by atoms with Gasteiger partial charge in [-0.1, -0.05) is 204 Å². The van der Waals surface area contributed by atoms with Gasteiger partial charge in [0, 0.05) is 13.0 Å². The third-order valence-electron chi connectivity index (χ3n) is 10.6. The quantitative estimate of drug-likeness (QED) is 0.0198. The number of phosphoric acid groups is 1.